The fraction of sp³-hybridized carbons (Fsp3) is 0. The third-order valence-electron chi connectivity index (χ3n) is 0.184. The summed E-state index contributed by atoms with van der Waals surface area (Å²) in [5.74, 6) is -0.388. The lowest BCUT2D eigenvalue weighted by Crippen LogP contribution is -2.23. The van der Waals surface area contributed by atoms with E-state index in [0.29, 0.717) is 0 Å². The first-order valence-corrected chi connectivity index (χ1v) is 2.40. The molecule has 0 rings (SSSR count). The highest BCUT2D eigenvalue weighted by atomic mass is 32.2. The number of hydrogen-bond donors (Lipinski definition) is 3. The van der Waals surface area contributed by atoms with Crippen LogP contribution in [0.4, 0.5) is 0 Å². The molecule has 0 saturated carbocycles. The average molecular weight is 123 g/mol. The predicted molar refractivity (Wildman–Crippen MR) is 26.6 cm³/mol. The highest BCUT2D eigenvalue weighted by Gasteiger charge is 1.82. The van der Waals surface area contributed by atoms with Gasteiger partial charge >= 0.3 is 0 Å². The van der Waals surface area contributed by atoms with Crippen molar-refractivity contribution in [3.05, 3.63) is 0 Å². The second kappa shape index (κ2) is 2.54. The Morgan fingerprint density at radius 3 is 2.14 bits per heavy atom. The molecule has 0 saturated heterocycles. The lowest BCUT2D eigenvalue weighted by Gasteiger charge is -1.81. The molecule has 0 bridgehead atoms. The molecule has 0 aromatic carbocycles. The molecular weight excluding hydrogens is 118 g/mol. The van der Waals surface area contributed by atoms with E-state index in [1.807, 2.05) is 0 Å². The minimum absolute atomic E-state index is 0.388. The fourth-order valence-electron chi connectivity index (χ4n) is 0.0902. The summed E-state index contributed by atoms with van der Waals surface area (Å²) >= 11 is -2.26. The molecule has 42 valence electrons. The molecule has 5 N–H and O–H groups in total. The van der Waals surface area contributed by atoms with E-state index in [2.05, 4.69) is 15.9 Å². The highest BCUT2D eigenvalue weighted by Crippen LogP contribution is 1.68. The molecule has 0 aliphatic heterocycles. The standard InChI is InChI=1S/CH5N3O2S/c2-1(3)4-7(5)6/h(H,5,6)(H4,2,3,4). The van der Waals surface area contributed by atoms with Gasteiger partial charge in [-0.15, -0.1) is 4.40 Å². The maximum Gasteiger partial charge on any atom is 0.285 e. The van der Waals surface area contributed by atoms with Crippen LogP contribution in [0.15, 0.2) is 4.40 Å². The Morgan fingerprint density at radius 2 is 2.14 bits per heavy atom. The van der Waals surface area contributed by atoms with Crippen LogP contribution in [0.5, 0.6) is 0 Å². The van der Waals surface area contributed by atoms with Gasteiger partial charge in [-0.2, -0.15) is 0 Å². The van der Waals surface area contributed by atoms with Gasteiger partial charge in [0.05, 0.1) is 0 Å². The van der Waals surface area contributed by atoms with E-state index in [0.717, 1.165) is 0 Å². The van der Waals surface area contributed by atoms with Crippen LogP contribution >= 0.6 is 0 Å². The highest BCUT2D eigenvalue weighted by molar-refractivity contribution is 7.78. The summed E-state index contributed by atoms with van der Waals surface area (Å²) in [6.07, 6.45) is 0. The summed E-state index contributed by atoms with van der Waals surface area (Å²) in [4.78, 5) is 0. The van der Waals surface area contributed by atoms with Crippen LogP contribution < -0.4 is 11.5 Å². The Labute approximate surface area is 42.8 Å². The van der Waals surface area contributed by atoms with E-state index in [1.54, 1.807) is 0 Å². The van der Waals surface area contributed by atoms with Gasteiger partial charge in [0.25, 0.3) is 11.3 Å². The molecule has 0 aromatic rings. The topological polar surface area (TPSA) is 102 Å². The molecular formula is CH5N3O2S. The minimum Gasteiger partial charge on any atom is -0.369 e. The lowest BCUT2D eigenvalue weighted by atomic mass is 11.1. The maximum absolute atomic E-state index is 9.57. The van der Waals surface area contributed by atoms with Crippen LogP contribution in [0.1, 0.15) is 0 Å². The lowest BCUT2D eigenvalue weighted by molar-refractivity contribution is 0.566. The van der Waals surface area contributed by atoms with E-state index in [9.17, 15) is 4.21 Å². The Balaban J connectivity index is 3.68. The Bertz CT molecular complexity index is 106. The number of nitrogens with two attached hydrogens (primary N) is 2. The van der Waals surface area contributed by atoms with Gasteiger partial charge in [-0.3, -0.25) is 4.55 Å². The Morgan fingerprint density at radius 1 is 1.71 bits per heavy atom. The van der Waals surface area contributed by atoms with Gasteiger partial charge in [0.1, 0.15) is 0 Å². The minimum atomic E-state index is -2.26. The van der Waals surface area contributed by atoms with Gasteiger partial charge in [-0.1, -0.05) is 0 Å². The van der Waals surface area contributed by atoms with Gasteiger partial charge in [-0.25, -0.2) is 4.21 Å². The molecule has 0 aliphatic rings. The summed E-state index contributed by atoms with van der Waals surface area (Å²) in [7, 11) is 0. The summed E-state index contributed by atoms with van der Waals surface area (Å²) in [5, 5.41) is 0. The average Bonchev–Trinajstić information content (AvgIpc) is 1.27. The van der Waals surface area contributed by atoms with Crippen molar-refractivity contribution in [1.29, 1.82) is 0 Å². The summed E-state index contributed by atoms with van der Waals surface area (Å²) in [6.45, 7) is 0. The van der Waals surface area contributed by atoms with Gasteiger partial charge in [-0.05, 0) is 0 Å². The molecule has 5 nitrogen and oxygen atoms in total. The van der Waals surface area contributed by atoms with Crippen molar-refractivity contribution in [2.75, 3.05) is 0 Å². The van der Waals surface area contributed by atoms with Crippen molar-refractivity contribution in [3.63, 3.8) is 0 Å². The van der Waals surface area contributed by atoms with Gasteiger partial charge < -0.3 is 11.5 Å². The molecule has 0 radical (unpaired) electrons. The first kappa shape index (κ1) is 6.38. The summed E-state index contributed by atoms with van der Waals surface area (Å²) in [6, 6.07) is 0. The summed E-state index contributed by atoms with van der Waals surface area (Å²) in [5.41, 5.74) is 9.34. The molecule has 7 heavy (non-hydrogen) atoms. The zero-order valence-corrected chi connectivity index (χ0v) is 4.18. The first-order valence-electron chi connectivity index (χ1n) is 1.33. The molecule has 0 heterocycles. The van der Waals surface area contributed by atoms with Crippen molar-refractivity contribution in [1.82, 2.24) is 0 Å². The SMILES string of the molecule is NC(N)=NS(=O)O. The predicted octanol–water partition coefficient (Wildman–Crippen LogP) is -1.60. The first-order chi connectivity index (χ1) is 3.13. The van der Waals surface area contributed by atoms with Crippen LogP contribution in [0.2, 0.25) is 0 Å². The smallest absolute Gasteiger partial charge is 0.285 e. The third kappa shape index (κ3) is 5.38. The zero-order valence-electron chi connectivity index (χ0n) is 3.37. The molecule has 6 heteroatoms. The van der Waals surface area contributed by atoms with E-state index in [4.69, 9.17) is 4.55 Å². The van der Waals surface area contributed by atoms with Crippen LogP contribution in [-0.4, -0.2) is 14.7 Å². The molecule has 0 spiro atoms. The summed E-state index contributed by atoms with van der Waals surface area (Å²) < 4.78 is 20.2. The molecule has 1 unspecified atom stereocenters. The van der Waals surface area contributed by atoms with Crippen LogP contribution in [-0.2, 0) is 11.3 Å². The zero-order chi connectivity index (χ0) is 5.86. The van der Waals surface area contributed by atoms with Crippen molar-refractivity contribution in [2.45, 2.75) is 0 Å². The van der Waals surface area contributed by atoms with Crippen molar-refractivity contribution in [2.24, 2.45) is 15.9 Å². The second-order valence-electron chi connectivity index (χ2n) is 0.747. The Kier molecular flexibility index (Phi) is 2.31. The normalized spacial score (nSPS) is 12.7. The number of nitrogens with zero attached hydrogens (tertiary/aromatic N) is 1. The van der Waals surface area contributed by atoms with Crippen LogP contribution in [0, 0.1) is 0 Å². The number of hydrogen-bond acceptors (Lipinski definition) is 1. The van der Waals surface area contributed by atoms with E-state index in [-0.39, 0.29) is 5.96 Å². The third-order valence-corrected chi connectivity index (χ3v) is 0.551. The second-order valence-corrected chi connectivity index (χ2v) is 1.39. The van der Waals surface area contributed by atoms with Crippen molar-refractivity contribution < 1.29 is 8.76 Å². The molecule has 0 fully saturated rings. The largest absolute Gasteiger partial charge is 0.369 e. The quantitative estimate of drug-likeness (QED) is 0.222. The van der Waals surface area contributed by atoms with E-state index in [1.165, 1.54) is 0 Å². The molecule has 0 aromatic heterocycles. The maximum atomic E-state index is 9.57. The molecule has 0 amide bonds. The number of rotatable bonds is 1. The van der Waals surface area contributed by atoms with Crippen LogP contribution in [0.25, 0.3) is 0 Å². The van der Waals surface area contributed by atoms with Crippen LogP contribution in [0.3, 0.4) is 0 Å². The Hall–Kier alpha value is -0.620. The van der Waals surface area contributed by atoms with E-state index >= 15 is 0 Å². The van der Waals surface area contributed by atoms with Crippen molar-refractivity contribution in [3.8, 4) is 0 Å². The van der Waals surface area contributed by atoms with Gasteiger partial charge in [0.2, 0.25) is 5.96 Å². The van der Waals surface area contributed by atoms with E-state index < -0.39 is 11.3 Å². The molecule has 0 aliphatic carbocycles. The fourth-order valence-corrected chi connectivity index (χ4v) is 0.271. The number of guanidine groups is 1. The molecule has 1 atom stereocenters. The monoisotopic (exact) mass is 123 g/mol. The van der Waals surface area contributed by atoms with Gasteiger partial charge in [0.15, 0.2) is 0 Å². The van der Waals surface area contributed by atoms with Crippen molar-refractivity contribution >= 4 is 17.2 Å². The van der Waals surface area contributed by atoms with Gasteiger partial charge in [0, 0.05) is 0 Å².